The van der Waals surface area contributed by atoms with Gasteiger partial charge in [-0.3, -0.25) is 20.3 Å². The molecule has 0 bridgehead atoms. The first kappa shape index (κ1) is 22.1. The number of anilines is 2. The lowest BCUT2D eigenvalue weighted by atomic mass is 10.2. The predicted octanol–water partition coefficient (Wildman–Crippen LogP) is 4.77. The smallest absolute Gasteiger partial charge is 0.280 e. The number of nitrogens with zero attached hydrogens (tertiary/aromatic N) is 2. The third-order valence-corrected chi connectivity index (χ3v) is 5.55. The summed E-state index contributed by atoms with van der Waals surface area (Å²) in [7, 11) is -4.16. The van der Waals surface area contributed by atoms with Gasteiger partial charge in [0.2, 0.25) is 0 Å². The van der Waals surface area contributed by atoms with Gasteiger partial charge in [0.05, 0.1) is 27.3 Å². The molecule has 12 heteroatoms. The molecule has 0 aliphatic rings. The summed E-state index contributed by atoms with van der Waals surface area (Å²) >= 11 is 5.83. The molecule has 2 N–H and O–H groups in total. The van der Waals surface area contributed by atoms with Gasteiger partial charge in [0.25, 0.3) is 15.7 Å². The van der Waals surface area contributed by atoms with Gasteiger partial charge in [-0.2, -0.15) is 5.10 Å². The molecule has 0 heterocycles. The summed E-state index contributed by atoms with van der Waals surface area (Å²) in [6.07, 6.45) is 0.819. The molecule has 0 spiro atoms. The Morgan fingerprint density at radius 1 is 1.03 bits per heavy atom. The van der Waals surface area contributed by atoms with Gasteiger partial charge in [0.1, 0.15) is 17.3 Å². The number of hydrogen-bond acceptors (Lipinski definition) is 6. The lowest BCUT2D eigenvalue weighted by Crippen LogP contribution is -2.13. The highest BCUT2D eigenvalue weighted by Crippen LogP contribution is 2.29. The summed E-state index contributed by atoms with van der Waals surface area (Å²) in [5.41, 5.74) is 1.24. The molecule has 0 saturated carbocycles. The Bertz CT molecular complexity index is 1270. The maximum Gasteiger partial charge on any atom is 0.295 e. The molecule has 0 unspecified atom stereocenters. The minimum absolute atomic E-state index is 0.175. The zero-order chi connectivity index (χ0) is 22.6. The van der Waals surface area contributed by atoms with Crippen molar-refractivity contribution in [1.82, 2.24) is 0 Å². The van der Waals surface area contributed by atoms with Crippen LogP contribution < -0.4 is 10.1 Å². The first-order valence-corrected chi connectivity index (χ1v) is 10.3. The number of nitrogens with one attached hydrogen (secondary N) is 2. The second-order valence-corrected chi connectivity index (χ2v) is 8.18. The van der Waals surface area contributed by atoms with E-state index in [1.807, 2.05) is 0 Å². The molecule has 31 heavy (non-hydrogen) atoms. The third kappa shape index (κ3) is 5.32. The highest BCUT2D eigenvalue weighted by molar-refractivity contribution is 7.92. The van der Waals surface area contributed by atoms with Gasteiger partial charge in [0.15, 0.2) is 0 Å². The predicted molar refractivity (Wildman–Crippen MR) is 113 cm³/mol. The second kappa shape index (κ2) is 9.06. The standard InChI is InChI=1S/C19H13ClF2N4O4S/c20-12-3-1-4-13(9-12)25-31(29,30)14-7-8-18(19(10-14)26(27)28)24-23-11-15-16(21)5-2-6-17(15)22/h1-11,24-25H. The molecule has 0 radical (unpaired) electrons. The average molecular weight is 467 g/mol. The number of rotatable bonds is 7. The van der Waals surface area contributed by atoms with Crippen molar-refractivity contribution < 1.29 is 22.1 Å². The van der Waals surface area contributed by atoms with E-state index in [1.54, 1.807) is 6.07 Å². The fourth-order valence-electron chi connectivity index (χ4n) is 2.49. The number of hydrogen-bond donors (Lipinski definition) is 2. The Morgan fingerprint density at radius 3 is 2.35 bits per heavy atom. The molecular weight excluding hydrogens is 454 g/mol. The summed E-state index contributed by atoms with van der Waals surface area (Å²) in [6.45, 7) is 0. The van der Waals surface area contributed by atoms with E-state index in [9.17, 15) is 27.3 Å². The molecule has 8 nitrogen and oxygen atoms in total. The molecule has 0 amide bonds. The Labute approximate surface area is 180 Å². The molecular formula is C19H13ClF2N4O4S. The lowest BCUT2D eigenvalue weighted by Gasteiger charge is -2.09. The highest BCUT2D eigenvalue weighted by Gasteiger charge is 2.21. The summed E-state index contributed by atoms with van der Waals surface area (Å²) in [6, 6.07) is 12.2. The molecule has 160 valence electrons. The van der Waals surface area contributed by atoms with Crippen molar-refractivity contribution in [3.63, 3.8) is 0 Å². The molecule has 0 aromatic heterocycles. The van der Waals surface area contributed by atoms with Crippen LogP contribution >= 0.6 is 11.6 Å². The van der Waals surface area contributed by atoms with Crippen molar-refractivity contribution in [3.8, 4) is 0 Å². The molecule has 0 atom stereocenters. The summed E-state index contributed by atoms with van der Waals surface area (Å²) < 4.78 is 54.6. The Kier molecular flexibility index (Phi) is 6.47. The van der Waals surface area contributed by atoms with E-state index < -0.39 is 37.8 Å². The normalized spacial score (nSPS) is 11.5. The van der Waals surface area contributed by atoms with Gasteiger partial charge < -0.3 is 0 Å². The van der Waals surface area contributed by atoms with Crippen molar-refractivity contribution in [2.75, 3.05) is 10.1 Å². The minimum Gasteiger partial charge on any atom is -0.280 e. The van der Waals surface area contributed by atoms with E-state index in [0.29, 0.717) is 5.02 Å². The zero-order valence-corrected chi connectivity index (χ0v) is 17.0. The van der Waals surface area contributed by atoms with Crippen molar-refractivity contribution in [3.05, 3.63) is 93.0 Å². The van der Waals surface area contributed by atoms with Crippen LogP contribution in [0.15, 0.2) is 70.7 Å². The second-order valence-electron chi connectivity index (χ2n) is 6.06. The minimum atomic E-state index is -4.16. The Hall–Kier alpha value is -3.57. The lowest BCUT2D eigenvalue weighted by molar-refractivity contribution is -0.384. The number of nitro benzene ring substituents is 1. The fourth-order valence-corrected chi connectivity index (χ4v) is 3.75. The van der Waals surface area contributed by atoms with Crippen LogP contribution in [0.5, 0.6) is 0 Å². The van der Waals surface area contributed by atoms with E-state index in [4.69, 9.17) is 11.6 Å². The fraction of sp³-hybridized carbons (Fsp3) is 0. The van der Waals surface area contributed by atoms with E-state index in [0.717, 1.165) is 36.5 Å². The van der Waals surface area contributed by atoms with Crippen LogP contribution in [-0.2, 0) is 10.0 Å². The van der Waals surface area contributed by atoms with Gasteiger partial charge in [-0.25, -0.2) is 17.2 Å². The van der Waals surface area contributed by atoms with Crippen LogP contribution in [0.25, 0.3) is 0 Å². The summed E-state index contributed by atoms with van der Waals surface area (Å²) in [5, 5.41) is 15.3. The third-order valence-electron chi connectivity index (χ3n) is 3.93. The number of benzene rings is 3. The van der Waals surface area contributed by atoms with Crippen LogP contribution in [0.3, 0.4) is 0 Å². The van der Waals surface area contributed by atoms with Crippen molar-refractivity contribution in [2.45, 2.75) is 4.90 Å². The number of nitro groups is 1. The van der Waals surface area contributed by atoms with E-state index in [1.165, 1.54) is 24.3 Å². The van der Waals surface area contributed by atoms with Gasteiger partial charge in [-0.05, 0) is 42.5 Å². The average Bonchev–Trinajstić information content (AvgIpc) is 2.69. The molecule has 0 saturated heterocycles. The molecule has 3 aromatic carbocycles. The van der Waals surface area contributed by atoms with Crippen LogP contribution in [0.4, 0.5) is 25.8 Å². The van der Waals surface area contributed by atoms with Gasteiger partial charge >= 0.3 is 0 Å². The molecule has 3 aromatic rings. The SMILES string of the molecule is O=[N+]([O-])c1cc(S(=O)(=O)Nc2cccc(Cl)c2)ccc1NN=Cc1c(F)cccc1F. The van der Waals surface area contributed by atoms with Crippen LogP contribution in [0.2, 0.25) is 5.02 Å². The monoisotopic (exact) mass is 466 g/mol. The quantitative estimate of drug-likeness (QED) is 0.295. The number of hydrazone groups is 1. The number of halogens is 3. The van der Waals surface area contributed by atoms with E-state index in [-0.39, 0.29) is 16.3 Å². The van der Waals surface area contributed by atoms with Gasteiger partial charge in [0, 0.05) is 11.1 Å². The van der Waals surface area contributed by atoms with Gasteiger partial charge in [-0.1, -0.05) is 23.7 Å². The molecule has 3 rings (SSSR count). The Morgan fingerprint density at radius 2 is 1.71 bits per heavy atom. The summed E-state index contributed by atoms with van der Waals surface area (Å²) in [4.78, 5) is 10.2. The molecule has 0 fully saturated rings. The largest absolute Gasteiger partial charge is 0.295 e. The van der Waals surface area contributed by atoms with E-state index in [2.05, 4.69) is 15.2 Å². The Balaban J connectivity index is 1.87. The van der Waals surface area contributed by atoms with Crippen molar-refractivity contribution in [2.24, 2.45) is 5.10 Å². The zero-order valence-electron chi connectivity index (χ0n) is 15.4. The molecule has 0 aliphatic carbocycles. The van der Waals surface area contributed by atoms with Crippen molar-refractivity contribution >= 4 is 44.9 Å². The first-order chi connectivity index (χ1) is 14.7. The first-order valence-electron chi connectivity index (χ1n) is 8.47. The van der Waals surface area contributed by atoms with E-state index >= 15 is 0 Å². The topological polar surface area (TPSA) is 114 Å². The van der Waals surface area contributed by atoms with Crippen molar-refractivity contribution in [1.29, 1.82) is 0 Å². The maximum absolute atomic E-state index is 13.6. The van der Waals surface area contributed by atoms with Crippen LogP contribution in [-0.4, -0.2) is 19.6 Å². The highest BCUT2D eigenvalue weighted by atomic mass is 35.5. The van der Waals surface area contributed by atoms with Gasteiger partial charge in [-0.15, -0.1) is 0 Å². The van der Waals surface area contributed by atoms with Crippen LogP contribution in [0, 0.1) is 21.7 Å². The maximum atomic E-state index is 13.6. The molecule has 0 aliphatic heterocycles. The summed E-state index contributed by atoms with van der Waals surface area (Å²) in [5.74, 6) is -1.73. The number of sulfonamides is 1. The van der Waals surface area contributed by atoms with Crippen LogP contribution in [0.1, 0.15) is 5.56 Å².